The Hall–Kier alpha value is -1.23. The predicted octanol–water partition coefficient (Wildman–Crippen LogP) is 0.255. The lowest BCUT2D eigenvalue weighted by Crippen LogP contribution is -2.56. The fraction of sp³-hybridized carbons (Fsp3) is 0.750. The molecule has 0 unspecified atom stereocenters. The van der Waals surface area contributed by atoms with Crippen LogP contribution in [-0.2, 0) is 23.9 Å². The molecule has 5 nitrogen and oxygen atoms in total. The maximum Gasteiger partial charge on any atom is 0.315 e. The summed E-state index contributed by atoms with van der Waals surface area (Å²) in [4.78, 5) is 35.4. The molecule has 0 aliphatic carbocycles. The number of ketones is 2. The normalized spacial score (nSPS) is 46.8. The van der Waals surface area contributed by atoms with Crippen molar-refractivity contribution >= 4 is 17.5 Å². The Morgan fingerprint density at radius 2 is 2.12 bits per heavy atom. The molecule has 0 aromatic rings. The fourth-order valence-electron chi connectivity index (χ4n) is 3.65. The third kappa shape index (κ3) is 0.972. The van der Waals surface area contributed by atoms with Crippen LogP contribution in [0.3, 0.4) is 0 Å². The molecule has 3 aliphatic heterocycles. The number of carbonyl (C=O) groups excluding carboxylic acids is 3. The molecule has 0 spiro atoms. The summed E-state index contributed by atoms with van der Waals surface area (Å²) in [5.74, 6) is -1.62. The van der Waals surface area contributed by atoms with Crippen molar-refractivity contribution in [1.29, 1.82) is 0 Å². The van der Waals surface area contributed by atoms with Gasteiger partial charge in [0.05, 0.1) is 12.7 Å². The number of esters is 1. The molecule has 0 aromatic heterocycles. The van der Waals surface area contributed by atoms with Crippen molar-refractivity contribution in [3.05, 3.63) is 0 Å². The first-order chi connectivity index (χ1) is 7.93. The quantitative estimate of drug-likeness (QED) is 0.509. The molecule has 92 valence electrons. The van der Waals surface area contributed by atoms with Gasteiger partial charge in [-0.05, 0) is 19.8 Å². The second-order valence-corrected chi connectivity index (χ2v) is 5.31. The summed E-state index contributed by atoms with van der Waals surface area (Å²) in [5, 5.41) is 0. The van der Waals surface area contributed by atoms with Crippen LogP contribution in [0.25, 0.3) is 0 Å². The largest absolute Gasteiger partial charge is 0.465 e. The van der Waals surface area contributed by atoms with Crippen molar-refractivity contribution in [2.75, 3.05) is 6.61 Å². The van der Waals surface area contributed by atoms with Gasteiger partial charge in [0.2, 0.25) is 5.78 Å². The third-order valence-corrected chi connectivity index (χ3v) is 4.67. The van der Waals surface area contributed by atoms with Gasteiger partial charge in [-0.1, -0.05) is 0 Å². The van der Waals surface area contributed by atoms with E-state index in [4.69, 9.17) is 9.47 Å². The minimum atomic E-state index is -1.26. The molecule has 17 heavy (non-hydrogen) atoms. The summed E-state index contributed by atoms with van der Waals surface area (Å²) in [6.45, 7) is 3.23. The minimum absolute atomic E-state index is 0.0907. The number of fused-ring (bicyclic) bond motifs is 5. The maximum absolute atomic E-state index is 12.1. The molecule has 3 saturated heterocycles. The molecule has 0 saturated carbocycles. The average Bonchev–Trinajstić information content (AvgIpc) is 2.89. The minimum Gasteiger partial charge on any atom is -0.465 e. The third-order valence-electron chi connectivity index (χ3n) is 4.67. The highest BCUT2D eigenvalue weighted by Crippen LogP contribution is 2.62. The molecule has 0 N–H and O–H groups in total. The van der Waals surface area contributed by atoms with Crippen molar-refractivity contribution in [2.24, 2.45) is 11.3 Å². The van der Waals surface area contributed by atoms with Crippen LogP contribution in [0, 0.1) is 11.3 Å². The van der Waals surface area contributed by atoms with E-state index in [9.17, 15) is 14.4 Å². The molecule has 4 atom stereocenters. The van der Waals surface area contributed by atoms with Crippen molar-refractivity contribution in [3.63, 3.8) is 0 Å². The molecule has 0 radical (unpaired) electrons. The number of hydrogen-bond acceptors (Lipinski definition) is 5. The van der Waals surface area contributed by atoms with E-state index < -0.39 is 28.6 Å². The van der Waals surface area contributed by atoms with Crippen LogP contribution >= 0.6 is 0 Å². The number of ether oxygens (including phenoxy) is 2. The van der Waals surface area contributed by atoms with Crippen LogP contribution in [0.5, 0.6) is 0 Å². The molecule has 5 heteroatoms. The zero-order valence-electron chi connectivity index (χ0n) is 9.82. The lowest BCUT2D eigenvalue weighted by molar-refractivity contribution is -0.166. The van der Waals surface area contributed by atoms with Gasteiger partial charge in [0.25, 0.3) is 0 Å². The predicted molar refractivity (Wildman–Crippen MR) is 55.1 cm³/mol. The summed E-state index contributed by atoms with van der Waals surface area (Å²) < 4.78 is 10.8. The van der Waals surface area contributed by atoms with Crippen molar-refractivity contribution in [2.45, 2.75) is 38.4 Å². The molecule has 0 aromatic carbocycles. The van der Waals surface area contributed by atoms with Gasteiger partial charge in [0.15, 0.2) is 11.4 Å². The van der Waals surface area contributed by atoms with Crippen LogP contribution in [0.4, 0.5) is 0 Å². The van der Waals surface area contributed by atoms with Crippen LogP contribution in [0.15, 0.2) is 0 Å². The zero-order valence-corrected chi connectivity index (χ0v) is 9.82. The van der Waals surface area contributed by atoms with E-state index in [0.29, 0.717) is 13.0 Å². The van der Waals surface area contributed by atoms with Crippen molar-refractivity contribution < 1.29 is 23.9 Å². The standard InChI is InChI=1S/C12H14O5/c1-6(13)9(14)12-4-3-8(17-12)7-5-16-10(15)11(7,12)2/h7-8H,3-5H2,1-2H3/t7-,8-,11+,12-/m1/s1. The van der Waals surface area contributed by atoms with Gasteiger partial charge in [-0.3, -0.25) is 14.4 Å². The highest BCUT2D eigenvalue weighted by Gasteiger charge is 2.76. The fourth-order valence-corrected chi connectivity index (χ4v) is 3.65. The number of carbonyl (C=O) groups is 3. The van der Waals surface area contributed by atoms with Gasteiger partial charge >= 0.3 is 5.97 Å². The Kier molecular flexibility index (Phi) is 1.90. The van der Waals surface area contributed by atoms with Crippen LogP contribution in [0.2, 0.25) is 0 Å². The van der Waals surface area contributed by atoms with E-state index in [1.54, 1.807) is 6.92 Å². The lowest BCUT2D eigenvalue weighted by Gasteiger charge is -2.36. The summed E-state index contributed by atoms with van der Waals surface area (Å²) >= 11 is 0. The highest BCUT2D eigenvalue weighted by atomic mass is 16.6. The molecule has 3 fully saturated rings. The highest BCUT2D eigenvalue weighted by molar-refractivity contribution is 6.40. The van der Waals surface area contributed by atoms with Crippen molar-refractivity contribution in [1.82, 2.24) is 0 Å². The molecular formula is C12H14O5. The number of Topliss-reactive ketones (excluding diaryl/α,β-unsaturated/α-hetero) is 2. The van der Waals surface area contributed by atoms with E-state index in [0.717, 1.165) is 6.42 Å². The maximum atomic E-state index is 12.1. The Morgan fingerprint density at radius 3 is 2.76 bits per heavy atom. The second kappa shape index (κ2) is 2.96. The first-order valence-corrected chi connectivity index (χ1v) is 5.84. The molecule has 3 rings (SSSR count). The average molecular weight is 238 g/mol. The van der Waals surface area contributed by atoms with Gasteiger partial charge < -0.3 is 9.47 Å². The van der Waals surface area contributed by atoms with Crippen LogP contribution in [0.1, 0.15) is 26.7 Å². The number of cyclic esters (lactones) is 1. The van der Waals surface area contributed by atoms with Gasteiger partial charge in [0.1, 0.15) is 5.41 Å². The van der Waals surface area contributed by atoms with Gasteiger partial charge in [-0.15, -0.1) is 0 Å². The molecular weight excluding hydrogens is 224 g/mol. The molecule has 3 heterocycles. The molecule has 3 aliphatic rings. The summed E-state index contributed by atoms with van der Waals surface area (Å²) in [7, 11) is 0. The summed E-state index contributed by atoms with van der Waals surface area (Å²) in [6, 6.07) is 0. The number of rotatable bonds is 2. The first-order valence-electron chi connectivity index (χ1n) is 5.84. The second-order valence-electron chi connectivity index (χ2n) is 5.31. The van der Waals surface area contributed by atoms with E-state index in [-0.39, 0.29) is 12.0 Å². The van der Waals surface area contributed by atoms with Gasteiger partial charge in [-0.25, -0.2) is 0 Å². The Morgan fingerprint density at radius 1 is 1.41 bits per heavy atom. The topological polar surface area (TPSA) is 69.7 Å². The molecule has 2 bridgehead atoms. The van der Waals surface area contributed by atoms with Gasteiger partial charge in [-0.2, -0.15) is 0 Å². The Bertz CT molecular complexity index is 442. The van der Waals surface area contributed by atoms with E-state index in [1.165, 1.54) is 6.92 Å². The summed E-state index contributed by atoms with van der Waals surface area (Å²) in [6.07, 6.45) is 1.03. The monoisotopic (exact) mass is 238 g/mol. The summed E-state index contributed by atoms with van der Waals surface area (Å²) in [5.41, 5.74) is -2.24. The Labute approximate surface area is 98.4 Å². The van der Waals surface area contributed by atoms with Crippen molar-refractivity contribution in [3.8, 4) is 0 Å². The zero-order chi connectivity index (χ0) is 12.4. The molecule has 0 amide bonds. The van der Waals surface area contributed by atoms with Crippen LogP contribution < -0.4 is 0 Å². The lowest BCUT2D eigenvalue weighted by atomic mass is 9.60. The van der Waals surface area contributed by atoms with E-state index >= 15 is 0 Å². The van der Waals surface area contributed by atoms with Crippen LogP contribution in [-0.4, -0.2) is 35.8 Å². The first kappa shape index (κ1) is 10.9. The Balaban J connectivity index is 2.13. The smallest absolute Gasteiger partial charge is 0.315 e. The van der Waals surface area contributed by atoms with E-state index in [1.807, 2.05) is 0 Å². The SMILES string of the molecule is CC(=O)C(=O)[C@@]12CC[C@@H](O1)[C@H]1COC(=O)[C@]12C. The number of hydrogen-bond donors (Lipinski definition) is 0. The van der Waals surface area contributed by atoms with E-state index in [2.05, 4.69) is 0 Å². The van der Waals surface area contributed by atoms with Gasteiger partial charge in [0, 0.05) is 12.8 Å².